The summed E-state index contributed by atoms with van der Waals surface area (Å²) in [5, 5.41) is 3.89. The van der Waals surface area contributed by atoms with Crippen molar-refractivity contribution in [1.82, 2.24) is 19.3 Å². The van der Waals surface area contributed by atoms with Crippen molar-refractivity contribution in [2.45, 2.75) is 19.3 Å². The Morgan fingerprint density at radius 1 is 1.26 bits per heavy atom. The van der Waals surface area contributed by atoms with E-state index < -0.39 is 15.4 Å². The van der Waals surface area contributed by atoms with Crippen LogP contribution in [0, 0.1) is 12.8 Å². The molecule has 2 aliphatic rings. The van der Waals surface area contributed by atoms with Crippen LogP contribution in [0.15, 0.2) is 34.9 Å². The minimum atomic E-state index is -3.33. The minimum absolute atomic E-state index is 0.0469. The van der Waals surface area contributed by atoms with Gasteiger partial charge >= 0.3 is 0 Å². The lowest BCUT2D eigenvalue weighted by molar-refractivity contribution is 0.0773. The Labute approximate surface area is 158 Å². The second kappa shape index (κ2) is 6.42. The van der Waals surface area contributed by atoms with E-state index in [0.29, 0.717) is 36.9 Å². The molecular formula is C18H22N4O4S. The molecule has 2 saturated heterocycles. The first-order valence-corrected chi connectivity index (χ1v) is 10.6. The van der Waals surface area contributed by atoms with Gasteiger partial charge in [-0.3, -0.25) is 4.79 Å². The Morgan fingerprint density at radius 3 is 2.63 bits per heavy atom. The fourth-order valence-electron chi connectivity index (χ4n) is 4.13. The molecule has 9 heteroatoms. The van der Waals surface area contributed by atoms with Gasteiger partial charge in [0.1, 0.15) is 0 Å². The van der Waals surface area contributed by atoms with Gasteiger partial charge in [0.2, 0.25) is 15.9 Å². The molecule has 2 atom stereocenters. The molecule has 1 aromatic carbocycles. The smallest absolute Gasteiger partial charge is 0.253 e. The molecule has 3 heterocycles. The number of carbonyl (C=O) groups excluding carboxylic acids is 1. The fourth-order valence-corrected chi connectivity index (χ4v) is 5.33. The third-order valence-electron chi connectivity index (χ3n) is 5.60. The van der Waals surface area contributed by atoms with Crippen LogP contribution in [0.2, 0.25) is 0 Å². The monoisotopic (exact) mass is 390 g/mol. The highest BCUT2D eigenvalue weighted by Gasteiger charge is 2.59. The summed E-state index contributed by atoms with van der Waals surface area (Å²) in [5.74, 6) is 0.826. The number of sulfonamides is 1. The third-order valence-corrected chi connectivity index (χ3v) is 7.39. The molecule has 2 aromatic rings. The highest BCUT2D eigenvalue weighted by molar-refractivity contribution is 7.89. The molecule has 1 aromatic heterocycles. The largest absolute Gasteiger partial charge is 0.339 e. The molecule has 0 spiro atoms. The molecule has 27 heavy (non-hydrogen) atoms. The van der Waals surface area contributed by atoms with E-state index in [9.17, 15) is 13.2 Å². The number of aromatic nitrogens is 2. The first kappa shape index (κ1) is 18.1. The lowest BCUT2D eigenvalue weighted by Gasteiger charge is -2.25. The number of fused-ring (bicyclic) bond motifs is 1. The van der Waals surface area contributed by atoms with Gasteiger partial charge in [0.05, 0.1) is 11.2 Å². The summed E-state index contributed by atoms with van der Waals surface area (Å²) in [6, 6.07) is 9.10. The highest BCUT2D eigenvalue weighted by Crippen LogP contribution is 2.45. The zero-order valence-corrected chi connectivity index (χ0v) is 16.1. The summed E-state index contributed by atoms with van der Waals surface area (Å²) < 4.78 is 31.8. The maximum Gasteiger partial charge on any atom is 0.253 e. The first-order valence-electron chi connectivity index (χ1n) is 8.98. The summed E-state index contributed by atoms with van der Waals surface area (Å²) in [5.41, 5.74) is -0.0409. The van der Waals surface area contributed by atoms with E-state index in [1.807, 2.05) is 18.2 Å². The number of nitrogens with zero attached hydrogens (tertiary/aromatic N) is 4. The minimum Gasteiger partial charge on any atom is -0.339 e. The average Bonchev–Trinajstić information content (AvgIpc) is 3.34. The molecule has 8 nitrogen and oxygen atoms in total. The SMILES string of the molecule is CCS(=O)(=O)N1C[C@@H]2CN(C(=O)c3ccccc3)C[C@]2(c2nc(C)no2)C1. The van der Waals surface area contributed by atoms with Gasteiger partial charge in [-0.25, -0.2) is 12.7 Å². The summed E-state index contributed by atoms with van der Waals surface area (Å²) in [4.78, 5) is 19.1. The maximum absolute atomic E-state index is 12.9. The Kier molecular flexibility index (Phi) is 4.31. The number of hydrogen-bond donors (Lipinski definition) is 0. The van der Waals surface area contributed by atoms with Gasteiger partial charge in [-0.05, 0) is 26.0 Å². The zero-order chi connectivity index (χ0) is 19.2. The lowest BCUT2D eigenvalue weighted by atomic mass is 9.81. The Hall–Kier alpha value is -2.26. The number of amides is 1. The van der Waals surface area contributed by atoms with E-state index in [1.54, 1.807) is 30.9 Å². The predicted octanol–water partition coefficient (Wildman–Crippen LogP) is 1.05. The number of benzene rings is 1. The number of aryl methyl sites for hydroxylation is 1. The van der Waals surface area contributed by atoms with E-state index in [1.165, 1.54) is 4.31 Å². The summed E-state index contributed by atoms with van der Waals surface area (Å²) in [6.07, 6.45) is 0. The van der Waals surface area contributed by atoms with Gasteiger partial charge in [0.25, 0.3) is 5.91 Å². The van der Waals surface area contributed by atoms with Crippen LogP contribution in [0.5, 0.6) is 0 Å². The topological polar surface area (TPSA) is 96.6 Å². The Bertz CT molecular complexity index is 959. The zero-order valence-electron chi connectivity index (χ0n) is 15.3. The first-order chi connectivity index (χ1) is 12.9. The standard InChI is InChI=1S/C18H22N4O4S/c1-3-27(24,25)22-10-15-9-21(16(23)14-7-5-4-6-8-14)11-18(15,12-22)17-19-13(2)20-26-17/h4-8,15H,3,9-12H2,1-2H3/t15-,18-/m0/s1. The second-order valence-electron chi connectivity index (χ2n) is 7.24. The molecule has 2 fully saturated rings. The molecular weight excluding hydrogens is 368 g/mol. The third kappa shape index (κ3) is 2.94. The van der Waals surface area contributed by atoms with Gasteiger partial charge in [0, 0.05) is 37.7 Å². The van der Waals surface area contributed by atoms with Crippen LogP contribution in [0.4, 0.5) is 0 Å². The van der Waals surface area contributed by atoms with Gasteiger partial charge in [-0.2, -0.15) is 4.98 Å². The van der Waals surface area contributed by atoms with Crippen molar-refractivity contribution in [3.05, 3.63) is 47.6 Å². The molecule has 0 saturated carbocycles. The number of rotatable bonds is 4. The fraction of sp³-hybridized carbons (Fsp3) is 0.500. The van der Waals surface area contributed by atoms with Crippen LogP contribution in [-0.2, 0) is 15.4 Å². The normalized spacial score (nSPS) is 25.7. The Morgan fingerprint density at radius 2 is 2.00 bits per heavy atom. The molecule has 0 N–H and O–H groups in total. The van der Waals surface area contributed by atoms with Crippen molar-refractivity contribution in [2.75, 3.05) is 31.9 Å². The average molecular weight is 390 g/mol. The van der Waals surface area contributed by atoms with Crippen molar-refractivity contribution in [3.63, 3.8) is 0 Å². The van der Waals surface area contributed by atoms with E-state index in [0.717, 1.165) is 0 Å². The van der Waals surface area contributed by atoms with E-state index in [4.69, 9.17) is 4.52 Å². The van der Waals surface area contributed by atoms with Crippen molar-refractivity contribution in [1.29, 1.82) is 0 Å². The molecule has 0 radical (unpaired) electrons. The van der Waals surface area contributed by atoms with Gasteiger partial charge in [-0.1, -0.05) is 23.4 Å². The maximum atomic E-state index is 12.9. The van der Waals surface area contributed by atoms with Crippen molar-refractivity contribution in [2.24, 2.45) is 5.92 Å². The Balaban J connectivity index is 1.68. The van der Waals surface area contributed by atoms with E-state index in [-0.39, 0.29) is 24.1 Å². The van der Waals surface area contributed by atoms with E-state index >= 15 is 0 Å². The van der Waals surface area contributed by atoms with Crippen molar-refractivity contribution in [3.8, 4) is 0 Å². The van der Waals surface area contributed by atoms with Crippen LogP contribution in [0.3, 0.4) is 0 Å². The predicted molar refractivity (Wildman–Crippen MR) is 97.6 cm³/mol. The van der Waals surface area contributed by atoms with Gasteiger partial charge in [-0.15, -0.1) is 0 Å². The highest BCUT2D eigenvalue weighted by atomic mass is 32.2. The molecule has 4 rings (SSSR count). The van der Waals surface area contributed by atoms with Crippen LogP contribution < -0.4 is 0 Å². The van der Waals surface area contributed by atoms with Crippen molar-refractivity contribution >= 4 is 15.9 Å². The number of likely N-dealkylation sites (tertiary alicyclic amines) is 1. The molecule has 1 amide bonds. The molecule has 0 aliphatic carbocycles. The molecule has 0 bridgehead atoms. The van der Waals surface area contributed by atoms with Gasteiger partial charge < -0.3 is 9.42 Å². The summed E-state index contributed by atoms with van der Waals surface area (Å²) in [7, 11) is -3.33. The van der Waals surface area contributed by atoms with Crippen molar-refractivity contribution < 1.29 is 17.7 Å². The van der Waals surface area contributed by atoms with Crippen LogP contribution >= 0.6 is 0 Å². The summed E-state index contributed by atoms with van der Waals surface area (Å²) in [6.45, 7) is 4.81. The van der Waals surface area contributed by atoms with Crippen LogP contribution in [0.25, 0.3) is 0 Å². The summed E-state index contributed by atoms with van der Waals surface area (Å²) >= 11 is 0. The van der Waals surface area contributed by atoms with E-state index in [2.05, 4.69) is 10.1 Å². The van der Waals surface area contributed by atoms with Gasteiger partial charge in [0.15, 0.2) is 5.82 Å². The number of hydrogen-bond acceptors (Lipinski definition) is 6. The van der Waals surface area contributed by atoms with Crippen LogP contribution in [0.1, 0.15) is 29.0 Å². The molecule has 2 aliphatic heterocycles. The molecule has 0 unspecified atom stereocenters. The molecule has 144 valence electrons. The quantitative estimate of drug-likeness (QED) is 0.774. The van der Waals surface area contributed by atoms with Crippen LogP contribution in [-0.4, -0.2) is 65.6 Å². The number of carbonyl (C=O) groups is 1. The lowest BCUT2D eigenvalue weighted by Crippen LogP contribution is -2.41. The second-order valence-corrected chi connectivity index (χ2v) is 9.50.